The number of hydrogen-bond donors (Lipinski definition) is 1. The molecule has 0 saturated heterocycles. The van der Waals surface area contributed by atoms with Gasteiger partial charge in [-0.15, -0.1) is 0 Å². The lowest BCUT2D eigenvalue weighted by atomic mass is 10.1. The Hall–Kier alpha value is -1.09. The molecule has 0 radical (unpaired) electrons. The zero-order chi connectivity index (χ0) is 14.5. The largest absolute Gasteiger partial charge is 0.357 e. The second kappa shape index (κ2) is 7.07. The monoisotopic (exact) mass is 275 g/mol. The van der Waals surface area contributed by atoms with Gasteiger partial charge in [0.25, 0.3) is 0 Å². The van der Waals surface area contributed by atoms with Gasteiger partial charge in [-0.25, -0.2) is 4.98 Å². The lowest BCUT2D eigenvalue weighted by Crippen LogP contribution is -2.29. The molecule has 112 valence electrons. The van der Waals surface area contributed by atoms with E-state index in [1.165, 1.54) is 24.1 Å². The van der Waals surface area contributed by atoms with E-state index in [2.05, 4.69) is 50.2 Å². The number of nitrogens with one attached hydrogen (secondary N) is 1. The standard InChI is InChI=1S/C17H29N3/c1-5-7-16-10-14(12-18-15-8-9-15)11-17(19-16)20(4)13(3)6-2/h10-11,13,15,18H,5-9,12H2,1-4H3. The highest BCUT2D eigenvalue weighted by molar-refractivity contribution is 5.43. The quantitative estimate of drug-likeness (QED) is 0.787. The van der Waals surface area contributed by atoms with Crippen LogP contribution in [-0.2, 0) is 13.0 Å². The molecule has 1 saturated carbocycles. The van der Waals surface area contributed by atoms with Crippen LogP contribution in [0.4, 0.5) is 5.82 Å². The van der Waals surface area contributed by atoms with Crippen LogP contribution in [0.25, 0.3) is 0 Å². The van der Waals surface area contributed by atoms with Crippen molar-refractivity contribution in [3.63, 3.8) is 0 Å². The van der Waals surface area contributed by atoms with Crippen LogP contribution in [0.1, 0.15) is 57.7 Å². The zero-order valence-corrected chi connectivity index (χ0v) is 13.4. The SMILES string of the molecule is CCCc1cc(CNC2CC2)cc(N(C)C(C)CC)n1. The molecule has 1 unspecified atom stereocenters. The maximum absolute atomic E-state index is 4.83. The normalized spacial score (nSPS) is 16.2. The Morgan fingerprint density at radius 3 is 2.70 bits per heavy atom. The summed E-state index contributed by atoms with van der Waals surface area (Å²) < 4.78 is 0. The third-order valence-electron chi connectivity index (χ3n) is 4.22. The smallest absolute Gasteiger partial charge is 0.129 e. The number of aromatic nitrogens is 1. The van der Waals surface area contributed by atoms with Crippen molar-refractivity contribution in [2.24, 2.45) is 0 Å². The summed E-state index contributed by atoms with van der Waals surface area (Å²) in [4.78, 5) is 7.14. The van der Waals surface area contributed by atoms with Gasteiger partial charge in [-0.05, 0) is 50.3 Å². The minimum atomic E-state index is 0.531. The summed E-state index contributed by atoms with van der Waals surface area (Å²) in [5.74, 6) is 1.12. The van der Waals surface area contributed by atoms with Crippen LogP contribution in [-0.4, -0.2) is 24.1 Å². The number of anilines is 1. The molecule has 0 bridgehead atoms. The first-order valence-electron chi connectivity index (χ1n) is 8.10. The molecule has 0 aromatic carbocycles. The number of aryl methyl sites for hydroxylation is 1. The summed E-state index contributed by atoms with van der Waals surface area (Å²) >= 11 is 0. The molecule has 1 aromatic heterocycles. The van der Waals surface area contributed by atoms with Gasteiger partial charge in [0.2, 0.25) is 0 Å². The van der Waals surface area contributed by atoms with E-state index < -0.39 is 0 Å². The summed E-state index contributed by atoms with van der Waals surface area (Å²) in [5, 5.41) is 3.61. The first kappa shape index (κ1) is 15.3. The van der Waals surface area contributed by atoms with Crippen LogP contribution in [0.5, 0.6) is 0 Å². The second-order valence-electron chi connectivity index (χ2n) is 6.10. The highest BCUT2D eigenvalue weighted by atomic mass is 15.2. The van der Waals surface area contributed by atoms with Crippen LogP contribution < -0.4 is 10.2 Å². The number of nitrogens with zero attached hydrogens (tertiary/aromatic N) is 2. The van der Waals surface area contributed by atoms with Crippen LogP contribution in [0.3, 0.4) is 0 Å². The fraction of sp³-hybridized carbons (Fsp3) is 0.706. The van der Waals surface area contributed by atoms with Gasteiger partial charge in [0.15, 0.2) is 0 Å². The van der Waals surface area contributed by atoms with E-state index >= 15 is 0 Å². The second-order valence-corrected chi connectivity index (χ2v) is 6.10. The lowest BCUT2D eigenvalue weighted by molar-refractivity contribution is 0.651. The van der Waals surface area contributed by atoms with E-state index in [1.54, 1.807) is 0 Å². The average Bonchev–Trinajstić information content (AvgIpc) is 3.28. The van der Waals surface area contributed by atoms with Gasteiger partial charge in [0.05, 0.1) is 0 Å². The molecule has 0 aliphatic heterocycles. The van der Waals surface area contributed by atoms with Crippen molar-refractivity contribution in [1.82, 2.24) is 10.3 Å². The van der Waals surface area contributed by atoms with Gasteiger partial charge < -0.3 is 10.2 Å². The van der Waals surface area contributed by atoms with E-state index in [0.717, 1.165) is 37.7 Å². The molecule has 1 aliphatic carbocycles. The van der Waals surface area contributed by atoms with E-state index in [-0.39, 0.29) is 0 Å². The van der Waals surface area contributed by atoms with Crippen LogP contribution >= 0.6 is 0 Å². The molecule has 0 amide bonds. The fourth-order valence-corrected chi connectivity index (χ4v) is 2.35. The summed E-state index contributed by atoms with van der Waals surface area (Å²) in [7, 11) is 2.16. The molecule has 1 atom stereocenters. The molecule has 1 N–H and O–H groups in total. The van der Waals surface area contributed by atoms with E-state index in [9.17, 15) is 0 Å². The highest BCUT2D eigenvalue weighted by Gasteiger charge is 2.20. The van der Waals surface area contributed by atoms with Crippen molar-refractivity contribution in [1.29, 1.82) is 0 Å². The Balaban J connectivity index is 2.14. The summed E-state index contributed by atoms with van der Waals surface area (Å²) in [6.45, 7) is 7.68. The third kappa shape index (κ3) is 4.20. The first-order valence-corrected chi connectivity index (χ1v) is 8.10. The lowest BCUT2D eigenvalue weighted by Gasteiger charge is -2.26. The van der Waals surface area contributed by atoms with Gasteiger partial charge in [0, 0.05) is 31.4 Å². The van der Waals surface area contributed by atoms with Gasteiger partial charge in [-0.3, -0.25) is 0 Å². The molecule has 20 heavy (non-hydrogen) atoms. The fourth-order valence-electron chi connectivity index (χ4n) is 2.35. The molecule has 1 fully saturated rings. The molecule has 3 nitrogen and oxygen atoms in total. The molecule has 0 spiro atoms. The van der Waals surface area contributed by atoms with Gasteiger partial charge in [0.1, 0.15) is 5.82 Å². The maximum Gasteiger partial charge on any atom is 0.129 e. The Morgan fingerprint density at radius 2 is 2.10 bits per heavy atom. The van der Waals surface area contributed by atoms with Crippen molar-refractivity contribution < 1.29 is 0 Å². The van der Waals surface area contributed by atoms with Crippen molar-refractivity contribution >= 4 is 5.82 Å². The van der Waals surface area contributed by atoms with Crippen molar-refractivity contribution in [3.05, 3.63) is 23.4 Å². The Bertz CT molecular complexity index is 426. The molecule has 2 rings (SSSR count). The Morgan fingerprint density at radius 1 is 1.35 bits per heavy atom. The number of hydrogen-bond acceptors (Lipinski definition) is 3. The number of rotatable bonds is 8. The predicted molar refractivity (Wildman–Crippen MR) is 86.2 cm³/mol. The minimum absolute atomic E-state index is 0.531. The summed E-state index contributed by atoms with van der Waals surface area (Å²) in [6, 6.07) is 5.81. The third-order valence-corrected chi connectivity index (χ3v) is 4.22. The molecule has 1 heterocycles. The summed E-state index contributed by atoms with van der Waals surface area (Å²) in [5.41, 5.74) is 2.60. The molecular weight excluding hydrogens is 246 g/mol. The highest BCUT2D eigenvalue weighted by Crippen LogP contribution is 2.21. The van der Waals surface area contributed by atoms with E-state index in [1.807, 2.05) is 0 Å². The van der Waals surface area contributed by atoms with Crippen LogP contribution in [0.2, 0.25) is 0 Å². The Labute approximate surface area is 123 Å². The first-order chi connectivity index (χ1) is 9.63. The minimum Gasteiger partial charge on any atom is -0.357 e. The average molecular weight is 275 g/mol. The topological polar surface area (TPSA) is 28.2 Å². The van der Waals surface area contributed by atoms with Crippen molar-refractivity contribution in [2.75, 3.05) is 11.9 Å². The van der Waals surface area contributed by atoms with E-state index in [4.69, 9.17) is 4.98 Å². The predicted octanol–water partition coefficient (Wildman–Crippen LogP) is 3.52. The molecule has 1 aromatic rings. The van der Waals surface area contributed by atoms with Crippen LogP contribution in [0.15, 0.2) is 12.1 Å². The van der Waals surface area contributed by atoms with Gasteiger partial charge in [-0.2, -0.15) is 0 Å². The van der Waals surface area contributed by atoms with Crippen molar-refractivity contribution in [3.8, 4) is 0 Å². The van der Waals surface area contributed by atoms with Crippen molar-refractivity contribution in [2.45, 2.75) is 71.5 Å². The number of pyridine rings is 1. The van der Waals surface area contributed by atoms with Crippen LogP contribution in [0, 0.1) is 0 Å². The molecule has 3 heteroatoms. The zero-order valence-electron chi connectivity index (χ0n) is 13.4. The molecule has 1 aliphatic rings. The molecular formula is C17H29N3. The Kier molecular flexibility index (Phi) is 5.41. The maximum atomic E-state index is 4.83. The summed E-state index contributed by atoms with van der Waals surface area (Å²) in [6.07, 6.45) is 6.04. The van der Waals surface area contributed by atoms with E-state index in [0.29, 0.717) is 6.04 Å². The van der Waals surface area contributed by atoms with Gasteiger partial charge in [-0.1, -0.05) is 20.3 Å². The van der Waals surface area contributed by atoms with Gasteiger partial charge >= 0.3 is 0 Å².